The van der Waals surface area contributed by atoms with Crippen molar-refractivity contribution < 1.29 is 27.4 Å². The molecule has 26 heavy (non-hydrogen) atoms. The highest BCUT2D eigenvalue weighted by Crippen LogP contribution is 2.29. The van der Waals surface area contributed by atoms with E-state index in [0.29, 0.717) is 23.6 Å². The highest BCUT2D eigenvalue weighted by atomic mass is 19.4. The Kier molecular flexibility index (Phi) is 6.49. The maximum Gasteiger partial charge on any atom is 0.416 e. The van der Waals surface area contributed by atoms with Crippen LogP contribution in [0.3, 0.4) is 0 Å². The number of ether oxygens (including phenoxy) is 2. The smallest absolute Gasteiger partial charge is 0.416 e. The number of carbonyl (C=O) groups is 1. The first kappa shape index (κ1) is 19.6. The van der Waals surface area contributed by atoms with Crippen LogP contribution in [-0.2, 0) is 17.4 Å². The number of carbonyl (C=O) groups excluding carboxylic acids is 1. The summed E-state index contributed by atoms with van der Waals surface area (Å²) >= 11 is 0. The van der Waals surface area contributed by atoms with E-state index in [9.17, 15) is 18.0 Å². The van der Waals surface area contributed by atoms with E-state index in [1.54, 1.807) is 38.4 Å². The van der Waals surface area contributed by atoms with Crippen molar-refractivity contribution >= 4 is 5.91 Å². The van der Waals surface area contributed by atoms with Gasteiger partial charge < -0.3 is 14.4 Å². The maximum absolute atomic E-state index is 12.7. The molecule has 2 aromatic carbocycles. The molecule has 0 aromatic heterocycles. The number of methoxy groups -OCH3 is 1. The van der Waals surface area contributed by atoms with Crippen LogP contribution in [0.5, 0.6) is 11.5 Å². The molecule has 0 radical (unpaired) electrons. The lowest BCUT2D eigenvalue weighted by Gasteiger charge is -2.18. The van der Waals surface area contributed by atoms with Crippen molar-refractivity contribution in [2.75, 3.05) is 27.3 Å². The zero-order valence-electron chi connectivity index (χ0n) is 14.5. The van der Waals surface area contributed by atoms with Gasteiger partial charge in [0.05, 0.1) is 25.6 Å². The highest BCUT2D eigenvalue weighted by molar-refractivity contribution is 5.78. The van der Waals surface area contributed by atoms with Crippen molar-refractivity contribution in [3.63, 3.8) is 0 Å². The number of likely N-dealkylation sites (N-methyl/N-ethyl adjacent to an activating group) is 1. The summed E-state index contributed by atoms with van der Waals surface area (Å²) in [5, 5.41) is 0. The monoisotopic (exact) mass is 367 g/mol. The summed E-state index contributed by atoms with van der Waals surface area (Å²) in [5.74, 6) is 1.08. The van der Waals surface area contributed by atoms with Crippen molar-refractivity contribution in [1.82, 2.24) is 4.90 Å². The first-order valence-electron chi connectivity index (χ1n) is 7.96. The van der Waals surface area contributed by atoms with Gasteiger partial charge in [0, 0.05) is 7.05 Å². The van der Waals surface area contributed by atoms with Gasteiger partial charge in [0.1, 0.15) is 18.1 Å². The van der Waals surface area contributed by atoms with Gasteiger partial charge in [-0.15, -0.1) is 0 Å². The Hall–Kier alpha value is -2.70. The summed E-state index contributed by atoms with van der Waals surface area (Å²) in [6.07, 6.45) is -4.51. The Morgan fingerprint density at radius 1 is 1.08 bits per heavy atom. The van der Waals surface area contributed by atoms with E-state index < -0.39 is 11.7 Å². The third-order valence-corrected chi connectivity index (χ3v) is 3.79. The molecule has 0 aliphatic heterocycles. The van der Waals surface area contributed by atoms with E-state index in [0.717, 1.165) is 12.1 Å². The third-order valence-electron chi connectivity index (χ3n) is 3.79. The molecule has 0 atom stereocenters. The minimum Gasteiger partial charge on any atom is -0.497 e. The van der Waals surface area contributed by atoms with Crippen LogP contribution in [0.15, 0.2) is 48.5 Å². The van der Waals surface area contributed by atoms with Crippen LogP contribution >= 0.6 is 0 Å². The predicted octanol–water partition coefficient (Wildman–Crippen LogP) is 3.79. The maximum atomic E-state index is 12.7. The van der Waals surface area contributed by atoms with E-state index in [-0.39, 0.29) is 18.9 Å². The molecule has 0 aliphatic carbocycles. The van der Waals surface area contributed by atoms with E-state index >= 15 is 0 Å². The van der Waals surface area contributed by atoms with Crippen LogP contribution in [0.1, 0.15) is 11.1 Å². The molecule has 4 nitrogen and oxygen atoms in total. The summed E-state index contributed by atoms with van der Waals surface area (Å²) in [6.45, 7) is 0.598. The standard InChI is InChI=1S/C19H20F3NO3/c1-23(10-11-26-17-8-6-16(25-2)7-9-17)18(24)13-14-4-3-5-15(12-14)19(20,21)22/h3-9,12H,10-11,13H2,1-2H3. The van der Waals surface area contributed by atoms with Crippen LogP contribution in [0, 0.1) is 0 Å². The van der Waals surface area contributed by atoms with Crippen molar-refractivity contribution in [2.24, 2.45) is 0 Å². The predicted molar refractivity (Wildman–Crippen MR) is 91.3 cm³/mol. The van der Waals surface area contributed by atoms with Gasteiger partial charge in [-0.25, -0.2) is 0 Å². The second-order valence-electron chi connectivity index (χ2n) is 5.71. The number of benzene rings is 2. The van der Waals surface area contributed by atoms with Crippen LogP contribution in [0.25, 0.3) is 0 Å². The molecule has 0 aliphatic rings. The minimum atomic E-state index is -4.42. The summed E-state index contributed by atoms with van der Waals surface area (Å²) in [4.78, 5) is 13.6. The average molecular weight is 367 g/mol. The number of halogens is 3. The average Bonchev–Trinajstić information content (AvgIpc) is 2.61. The molecule has 0 unspecified atom stereocenters. The van der Waals surface area contributed by atoms with Crippen molar-refractivity contribution in [3.8, 4) is 11.5 Å². The number of hydrogen-bond acceptors (Lipinski definition) is 3. The number of nitrogens with zero attached hydrogens (tertiary/aromatic N) is 1. The molecular formula is C19H20F3NO3. The SMILES string of the molecule is COc1ccc(OCCN(C)C(=O)Cc2cccc(C(F)(F)F)c2)cc1. The fourth-order valence-corrected chi connectivity index (χ4v) is 2.26. The highest BCUT2D eigenvalue weighted by Gasteiger charge is 2.30. The zero-order chi connectivity index (χ0) is 19.2. The summed E-state index contributed by atoms with van der Waals surface area (Å²) in [6, 6.07) is 11.8. The van der Waals surface area contributed by atoms with Gasteiger partial charge in [-0.2, -0.15) is 13.2 Å². The van der Waals surface area contributed by atoms with Crippen molar-refractivity contribution in [1.29, 1.82) is 0 Å². The molecule has 2 rings (SSSR count). The lowest BCUT2D eigenvalue weighted by molar-refractivity contribution is -0.137. The molecule has 7 heteroatoms. The first-order chi connectivity index (χ1) is 12.3. The third kappa shape index (κ3) is 5.68. The fraction of sp³-hybridized carbons (Fsp3) is 0.316. The van der Waals surface area contributed by atoms with E-state index in [1.165, 1.54) is 17.0 Å². The Balaban J connectivity index is 1.83. The van der Waals surface area contributed by atoms with Crippen molar-refractivity contribution in [3.05, 3.63) is 59.7 Å². The van der Waals surface area contributed by atoms with Gasteiger partial charge in [-0.1, -0.05) is 18.2 Å². The second kappa shape index (κ2) is 8.60. The molecule has 0 saturated heterocycles. The Bertz CT molecular complexity index is 730. The van der Waals surface area contributed by atoms with Gasteiger partial charge in [0.15, 0.2) is 0 Å². The molecule has 1 amide bonds. The quantitative estimate of drug-likeness (QED) is 0.747. The zero-order valence-corrected chi connectivity index (χ0v) is 14.5. The lowest BCUT2D eigenvalue weighted by atomic mass is 10.1. The number of rotatable bonds is 7. The van der Waals surface area contributed by atoms with Gasteiger partial charge in [0.2, 0.25) is 5.91 Å². The minimum absolute atomic E-state index is 0.0943. The van der Waals surface area contributed by atoms with Crippen LogP contribution in [-0.4, -0.2) is 38.1 Å². The Morgan fingerprint density at radius 2 is 1.73 bits per heavy atom. The summed E-state index contributed by atoms with van der Waals surface area (Å²) in [5.41, 5.74) is -0.430. The largest absolute Gasteiger partial charge is 0.497 e. The van der Waals surface area contributed by atoms with Gasteiger partial charge in [-0.05, 0) is 35.9 Å². The molecule has 0 saturated carbocycles. The second-order valence-corrected chi connectivity index (χ2v) is 5.71. The van der Waals surface area contributed by atoms with Crippen LogP contribution in [0.2, 0.25) is 0 Å². The number of alkyl halides is 3. The molecule has 0 bridgehead atoms. The molecular weight excluding hydrogens is 347 g/mol. The Labute approximate surface area is 150 Å². The van der Waals surface area contributed by atoms with Gasteiger partial charge >= 0.3 is 6.18 Å². The van der Waals surface area contributed by atoms with Crippen LogP contribution < -0.4 is 9.47 Å². The summed E-state index contributed by atoms with van der Waals surface area (Å²) in [7, 11) is 3.16. The van der Waals surface area contributed by atoms with Crippen LogP contribution in [0.4, 0.5) is 13.2 Å². The molecule has 0 fully saturated rings. The van der Waals surface area contributed by atoms with E-state index in [4.69, 9.17) is 9.47 Å². The molecule has 0 N–H and O–H groups in total. The number of hydrogen-bond donors (Lipinski definition) is 0. The fourth-order valence-electron chi connectivity index (χ4n) is 2.26. The Morgan fingerprint density at radius 3 is 2.35 bits per heavy atom. The lowest BCUT2D eigenvalue weighted by Crippen LogP contribution is -2.32. The molecule has 140 valence electrons. The topological polar surface area (TPSA) is 38.8 Å². The number of amides is 1. The molecule has 2 aromatic rings. The molecule has 0 heterocycles. The normalized spacial score (nSPS) is 11.1. The van der Waals surface area contributed by atoms with Gasteiger partial charge in [-0.3, -0.25) is 4.79 Å². The van der Waals surface area contributed by atoms with E-state index in [2.05, 4.69) is 0 Å². The molecule has 0 spiro atoms. The van der Waals surface area contributed by atoms with Crippen molar-refractivity contribution in [2.45, 2.75) is 12.6 Å². The van der Waals surface area contributed by atoms with Gasteiger partial charge in [0.25, 0.3) is 0 Å². The first-order valence-corrected chi connectivity index (χ1v) is 7.96. The van der Waals surface area contributed by atoms with E-state index in [1.807, 2.05) is 0 Å². The summed E-state index contributed by atoms with van der Waals surface area (Å²) < 4.78 is 48.8.